The van der Waals surface area contributed by atoms with Crippen molar-refractivity contribution in [3.8, 4) is 0 Å². The van der Waals surface area contributed by atoms with Gasteiger partial charge in [-0.3, -0.25) is 4.79 Å². The number of anilines is 1. The fourth-order valence-corrected chi connectivity index (χ4v) is 2.04. The quantitative estimate of drug-likeness (QED) is 0.730. The third-order valence-electron chi connectivity index (χ3n) is 3.42. The van der Waals surface area contributed by atoms with Crippen LogP contribution in [0.25, 0.3) is 0 Å². The van der Waals surface area contributed by atoms with Crippen molar-refractivity contribution in [1.29, 1.82) is 0 Å². The Labute approximate surface area is 136 Å². The van der Waals surface area contributed by atoms with E-state index in [0.29, 0.717) is 31.2 Å². The number of methoxy groups -OCH3 is 1. The van der Waals surface area contributed by atoms with E-state index >= 15 is 0 Å². The van der Waals surface area contributed by atoms with E-state index < -0.39 is 0 Å². The Hall–Kier alpha value is -2.47. The van der Waals surface area contributed by atoms with Crippen molar-refractivity contribution in [1.82, 2.24) is 15.3 Å². The number of aromatic nitrogens is 2. The van der Waals surface area contributed by atoms with Gasteiger partial charge in [-0.1, -0.05) is 24.3 Å². The fraction of sp³-hybridized carbons (Fsp3) is 0.353. The van der Waals surface area contributed by atoms with Crippen molar-refractivity contribution in [2.24, 2.45) is 0 Å². The molecule has 6 nitrogen and oxygen atoms in total. The predicted molar refractivity (Wildman–Crippen MR) is 89.4 cm³/mol. The Morgan fingerprint density at radius 1 is 1.22 bits per heavy atom. The Balaban J connectivity index is 1.84. The van der Waals surface area contributed by atoms with Gasteiger partial charge in [0, 0.05) is 26.8 Å². The monoisotopic (exact) mass is 314 g/mol. The van der Waals surface area contributed by atoms with Gasteiger partial charge in [-0.05, 0) is 24.5 Å². The summed E-state index contributed by atoms with van der Waals surface area (Å²) in [7, 11) is 1.63. The van der Waals surface area contributed by atoms with Crippen molar-refractivity contribution in [3.63, 3.8) is 0 Å². The standard InChI is InChI=1S/C17H22N4O2/c1-13-6-3-4-7-14(13)10-20-16-12-19-15(11-21-16)17(22)18-8-5-9-23-2/h3-4,6-7,11-12H,5,8-10H2,1-2H3,(H,18,22)(H,20,21). The molecule has 0 unspecified atom stereocenters. The number of carbonyl (C=O) groups excluding carboxylic acids is 1. The van der Waals surface area contributed by atoms with Crippen molar-refractivity contribution >= 4 is 11.7 Å². The van der Waals surface area contributed by atoms with E-state index in [1.807, 2.05) is 12.1 Å². The van der Waals surface area contributed by atoms with Gasteiger partial charge in [-0.15, -0.1) is 0 Å². The third-order valence-corrected chi connectivity index (χ3v) is 3.42. The molecule has 0 saturated heterocycles. The van der Waals surface area contributed by atoms with E-state index in [4.69, 9.17) is 4.74 Å². The molecular formula is C17H22N4O2. The molecule has 1 amide bonds. The number of hydrogen-bond acceptors (Lipinski definition) is 5. The van der Waals surface area contributed by atoms with Crippen LogP contribution in [0.2, 0.25) is 0 Å². The Morgan fingerprint density at radius 3 is 2.74 bits per heavy atom. The lowest BCUT2D eigenvalue weighted by Gasteiger charge is -2.08. The van der Waals surface area contributed by atoms with Crippen LogP contribution in [0.3, 0.4) is 0 Å². The van der Waals surface area contributed by atoms with Crippen LogP contribution in [0.1, 0.15) is 28.0 Å². The number of benzene rings is 1. The molecule has 0 saturated carbocycles. The van der Waals surface area contributed by atoms with E-state index in [-0.39, 0.29) is 5.91 Å². The predicted octanol–water partition coefficient (Wildman–Crippen LogP) is 2.16. The molecule has 2 aromatic rings. The minimum atomic E-state index is -0.223. The number of rotatable bonds is 8. The van der Waals surface area contributed by atoms with Crippen molar-refractivity contribution < 1.29 is 9.53 Å². The highest BCUT2D eigenvalue weighted by Gasteiger charge is 2.07. The lowest BCUT2D eigenvalue weighted by molar-refractivity contribution is 0.0943. The first-order valence-corrected chi connectivity index (χ1v) is 7.58. The fourth-order valence-electron chi connectivity index (χ4n) is 2.04. The van der Waals surface area contributed by atoms with Gasteiger partial charge in [0.15, 0.2) is 0 Å². The number of nitrogens with one attached hydrogen (secondary N) is 2. The molecule has 1 aromatic heterocycles. The van der Waals surface area contributed by atoms with Crippen molar-refractivity contribution in [2.75, 3.05) is 25.6 Å². The molecule has 122 valence electrons. The van der Waals surface area contributed by atoms with E-state index in [0.717, 1.165) is 6.42 Å². The van der Waals surface area contributed by atoms with Crippen LogP contribution in [0.5, 0.6) is 0 Å². The highest BCUT2D eigenvalue weighted by atomic mass is 16.5. The summed E-state index contributed by atoms with van der Waals surface area (Å²) in [6, 6.07) is 8.16. The Kier molecular flexibility index (Phi) is 6.50. The Morgan fingerprint density at radius 2 is 2.04 bits per heavy atom. The summed E-state index contributed by atoms with van der Waals surface area (Å²) in [4.78, 5) is 20.2. The van der Waals surface area contributed by atoms with Crippen LogP contribution in [-0.2, 0) is 11.3 Å². The van der Waals surface area contributed by atoms with Crippen molar-refractivity contribution in [2.45, 2.75) is 19.9 Å². The van der Waals surface area contributed by atoms with Crippen molar-refractivity contribution in [3.05, 3.63) is 53.5 Å². The summed E-state index contributed by atoms with van der Waals surface area (Å²) in [5.74, 6) is 0.420. The molecule has 0 fully saturated rings. The Bertz CT molecular complexity index is 629. The summed E-state index contributed by atoms with van der Waals surface area (Å²) in [6.07, 6.45) is 3.82. The van der Waals surface area contributed by atoms with E-state index in [1.54, 1.807) is 13.3 Å². The summed E-state index contributed by atoms with van der Waals surface area (Å²) >= 11 is 0. The zero-order chi connectivity index (χ0) is 16.5. The SMILES string of the molecule is COCCCNC(=O)c1cnc(NCc2ccccc2C)cn1. The summed E-state index contributed by atoms with van der Waals surface area (Å²) < 4.78 is 4.93. The molecule has 0 bridgehead atoms. The molecule has 1 aromatic carbocycles. The topological polar surface area (TPSA) is 76.1 Å². The molecule has 1 heterocycles. The van der Waals surface area contributed by atoms with Gasteiger partial charge < -0.3 is 15.4 Å². The zero-order valence-electron chi connectivity index (χ0n) is 13.5. The third kappa shape index (κ3) is 5.34. The second kappa shape index (κ2) is 8.85. The molecule has 2 N–H and O–H groups in total. The zero-order valence-corrected chi connectivity index (χ0v) is 13.5. The van der Waals surface area contributed by atoms with Gasteiger partial charge in [-0.25, -0.2) is 9.97 Å². The molecule has 23 heavy (non-hydrogen) atoms. The largest absolute Gasteiger partial charge is 0.385 e. The molecule has 2 rings (SSSR count). The minimum Gasteiger partial charge on any atom is -0.385 e. The first-order valence-electron chi connectivity index (χ1n) is 7.58. The molecule has 0 aliphatic carbocycles. The van der Waals surface area contributed by atoms with Gasteiger partial charge in [0.2, 0.25) is 0 Å². The molecule has 6 heteroatoms. The lowest BCUT2D eigenvalue weighted by atomic mass is 10.1. The van der Waals surface area contributed by atoms with Crippen LogP contribution in [0.15, 0.2) is 36.7 Å². The number of aryl methyl sites for hydroxylation is 1. The number of nitrogens with zero attached hydrogens (tertiary/aromatic N) is 2. The smallest absolute Gasteiger partial charge is 0.271 e. The number of hydrogen-bond donors (Lipinski definition) is 2. The average molecular weight is 314 g/mol. The molecule has 0 spiro atoms. The molecule has 0 aliphatic heterocycles. The van der Waals surface area contributed by atoms with E-state index in [2.05, 4.69) is 39.7 Å². The van der Waals surface area contributed by atoms with Crippen LogP contribution >= 0.6 is 0 Å². The number of amides is 1. The summed E-state index contributed by atoms with van der Waals surface area (Å²) in [5.41, 5.74) is 2.73. The maximum absolute atomic E-state index is 11.9. The van der Waals surface area contributed by atoms with Gasteiger partial charge in [0.1, 0.15) is 11.5 Å². The van der Waals surface area contributed by atoms with Crippen LogP contribution in [-0.4, -0.2) is 36.1 Å². The van der Waals surface area contributed by atoms with Gasteiger partial charge >= 0.3 is 0 Å². The van der Waals surface area contributed by atoms with Crippen LogP contribution in [0.4, 0.5) is 5.82 Å². The second-order valence-corrected chi connectivity index (χ2v) is 5.17. The maximum atomic E-state index is 11.9. The number of carbonyl (C=O) groups is 1. The number of ether oxygens (including phenoxy) is 1. The average Bonchev–Trinajstić information content (AvgIpc) is 2.58. The lowest BCUT2D eigenvalue weighted by Crippen LogP contribution is -2.26. The molecular weight excluding hydrogens is 292 g/mol. The van der Waals surface area contributed by atoms with E-state index in [9.17, 15) is 4.79 Å². The van der Waals surface area contributed by atoms with Gasteiger partial charge in [0.25, 0.3) is 5.91 Å². The molecule has 0 atom stereocenters. The first-order chi connectivity index (χ1) is 11.2. The molecule has 0 radical (unpaired) electrons. The van der Waals surface area contributed by atoms with Crippen LogP contribution in [0, 0.1) is 6.92 Å². The highest BCUT2D eigenvalue weighted by molar-refractivity contribution is 5.91. The van der Waals surface area contributed by atoms with Gasteiger partial charge in [-0.2, -0.15) is 0 Å². The normalized spacial score (nSPS) is 10.3. The van der Waals surface area contributed by atoms with E-state index in [1.165, 1.54) is 17.3 Å². The van der Waals surface area contributed by atoms with Crippen LogP contribution < -0.4 is 10.6 Å². The second-order valence-electron chi connectivity index (χ2n) is 5.17. The first kappa shape index (κ1) is 16.9. The maximum Gasteiger partial charge on any atom is 0.271 e. The molecule has 0 aliphatic rings. The summed E-state index contributed by atoms with van der Waals surface area (Å²) in [5, 5.41) is 5.98. The highest BCUT2D eigenvalue weighted by Crippen LogP contribution is 2.09. The van der Waals surface area contributed by atoms with Gasteiger partial charge in [0.05, 0.1) is 12.4 Å². The minimum absolute atomic E-state index is 0.223. The summed E-state index contributed by atoms with van der Waals surface area (Å²) in [6.45, 7) is 3.92.